The summed E-state index contributed by atoms with van der Waals surface area (Å²) < 4.78 is 8.40. The van der Waals surface area contributed by atoms with Gasteiger partial charge < -0.3 is 4.74 Å². The molecule has 3 heterocycles. The molecular weight excluding hydrogens is 436 g/mol. The average Bonchev–Trinajstić information content (AvgIpc) is 2.85. The Balaban J connectivity index is 1.53. The van der Waals surface area contributed by atoms with E-state index in [4.69, 9.17) is 9.72 Å². The average molecular weight is 457 g/mol. The van der Waals surface area contributed by atoms with E-state index >= 15 is 0 Å². The lowest BCUT2D eigenvalue weighted by molar-refractivity contribution is 0.414. The number of thioether (sulfide) groups is 1. The molecule has 2 aromatic carbocycles. The van der Waals surface area contributed by atoms with Crippen LogP contribution in [0.15, 0.2) is 93.7 Å². The second kappa shape index (κ2) is 8.91. The first-order valence-corrected chi connectivity index (χ1v) is 11.3. The van der Waals surface area contributed by atoms with Gasteiger partial charge in [0.2, 0.25) is 0 Å². The summed E-state index contributed by atoms with van der Waals surface area (Å²) in [6.45, 7) is 0.372. The maximum absolute atomic E-state index is 13.3. The SMILES string of the molecule is COc1ccc(Cn2c(SCc3cc(=O)n4ccccc4n3)nc3ccccc3c2=O)cc1. The first-order chi connectivity index (χ1) is 16.1. The molecule has 0 radical (unpaired) electrons. The second-order valence-electron chi connectivity index (χ2n) is 7.45. The fourth-order valence-corrected chi connectivity index (χ4v) is 4.52. The molecule has 33 heavy (non-hydrogen) atoms. The Kier molecular flexibility index (Phi) is 5.66. The van der Waals surface area contributed by atoms with Crippen molar-refractivity contribution in [2.45, 2.75) is 17.5 Å². The molecule has 164 valence electrons. The summed E-state index contributed by atoms with van der Waals surface area (Å²) in [5.41, 5.74) is 2.57. The summed E-state index contributed by atoms with van der Waals surface area (Å²) in [6, 6.07) is 21.9. The maximum Gasteiger partial charge on any atom is 0.262 e. The van der Waals surface area contributed by atoms with E-state index in [1.165, 1.54) is 22.2 Å². The number of hydrogen-bond acceptors (Lipinski definition) is 6. The number of ether oxygens (including phenoxy) is 1. The van der Waals surface area contributed by atoms with Gasteiger partial charge in [-0.15, -0.1) is 0 Å². The van der Waals surface area contributed by atoms with Gasteiger partial charge in [-0.2, -0.15) is 0 Å². The summed E-state index contributed by atoms with van der Waals surface area (Å²) in [5, 5.41) is 1.14. The van der Waals surface area contributed by atoms with Crippen molar-refractivity contribution in [1.82, 2.24) is 18.9 Å². The first-order valence-electron chi connectivity index (χ1n) is 10.3. The molecule has 5 rings (SSSR count). The van der Waals surface area contributed by atoms with E-state index in [-0.39, 0.29) is 11.1 Å². The van der Waals surface area contributed by atoms with E-state index in [1.807, 2.05) is 48.5 Å². The number of nitrogens with zero attached hydrogens (tertiary/aromatic N) is 4. The van der Waals surface area contributed by atoms with Gasteiger partial charge in [-0.25, -0.2) is 9.97 Å². The summed E-state index contributed by atoms with van der Waals surface area (Å²) in [7, 11) is 1.62. The number of rotatable bonds is 6. The molecule has 0 aliphatic rings. The van der Waals surface area contributed by atoms with Crippen molar-refractivity contribution >= 4 is 28.3 Å². The van der Waals surface area contributed by atoms with Crippen LogP contribution >= 0.6 is 11.8 Å². The quantitative estimate of drug-likeness (QED) is 0.286. The van der Waals surface area contributed by atoms with Crippen LogP contribution in [0, 0.1) is 0 Å². The molecule has 8 heteroatoms. The maximum atomic E-state index is 13.3. The molecule has 0 N–H and O–H groups in total. The first kappa shape index (κ1) is 21.0. The van der Waals surface area contributed by atoms with E-state index in [0.717, 1.165) is 11.3 Å². The predicted molar refractivity (Wildman–Crippen MR) is 129 cm³/mol. The largest absolute Gasteiger partial charge is 0.497 e. The summed E-state index contributed by atoms with van der Waals surface area (Å²) >= 11 is 1.39. The van der Waals surface area contributed by atoms with Crippen molar-refractivity contribution in [3.63, 3.8) is 0 Å². The lowest BCUT2D eigenvalue weighted by Gasteiger charge is -2.13. The Morgan fingerprint density at radius 1 is 0.939 bits per heavy atom. The van der Waals surface area contributed by atoms with Crippen molar-refractivity contribution < 1.29 is 4.74 Å². The van der Waals surface area contributed by atoms with Gasteiger partial charge in [-0.05, 0) is 42.0 Å². The third kappa shape index (κ3) is 4.25. The van der Waals surface area contributed by atoms with Crippen molar-refractivity contribution in [3.05, 3.63) is 111 Å². The number of para-hydroxylation sites is 1. The smallest absolute Gasteiger partial charge is 0.262 e. The van der Waals surface area contributed by atoms with Crippen molar-refractivity contribution in [1.29, 1.82) is 0 Å². The zero-order valence-corrected chi connectivity index (χ0v) is 18.7. The highest BCUT2D eigenvalue weighted by atomic mass is 32.2. The third-order valence-electron chi connectivity index (χ3n) is 5.30. The lowest BCUT2D eigenvalue weighted by atomic mass is 10.2. The molecule has 0 spiro atoms. The number of fused-ring (bicyclic) bond motifs is 2. The van der Waals surface area contributed by atoms with Crippen LogP contribution in [-0.2, 0) is 12.3 Å². The van der Waals surface area contributed by atoms with E-state index in [0.29, 0.717) is 39.7 Å². The van der Waals surface area contributed by atoms with Gasteiger partial charge >= 0.3 is 0 Å². The molecule has 0 amide bonds. The molecule has 0 saturated carbocycles. The van der Waals surface area contributed by atoms with E-state index in [2.05, 4.69) is 4.98 Å². The van der Waals surface area contributed by atoms with Gasteiger partial charge in [0.05, 0.1) is 30.3 Å². The Labute approximate surface area is 193 Å². The number of hydrogen-bond donors (Lipinski definition) is 0. The number of aromatic nitrogens is 4. The van der Waals surface area contributed by atoms with Crippen LogP contribution < -0.4 is 15.9 Å². The second-order valence-corrected chi connectivity index (χ2v) is 8.40. The minimum absolute atomic E-state index is 0.106. The summed E-state index contributed by atoms with van der Waals surface area (Å²) in [6.07, 6.45) is 1.69. The van der Waals surface area contributed by atoms with Crippen LogP contribution in [0.2, 0.25) is 0 Å². The van der Waals surface area contributed by atoms with Gasteiger partial charge in [0, 0.05) is 18.0 Å². The van der Waals surface area contributed by atoms with E-state index < -0.39 is 0 Å². The highest BCUT2D eigenvalue weighted by molar-refractivity contribution is 7.98. The highest BCUT2D eigenvalue weighted by Crippen LogP contribution is 2.22. The monoisotopic (exact) mass is 456 g/mol. The fraction of sp³-hybridized carbons (Fsp3) is 0.120. The normalized spacial score (nSPS) is 11.2. The Bertz CT molecular complexity index is 1580. The van der Waals surface area contributed by atoms with Crippen LogP contribution in [0.1, 0.15) is 11.3 Å². The Morgan fingerprint density at radius 2 is 1.73 bits per heavy atom. The van der Waals surface area contributed by atoms with Crippen LogP contribution in [-0.4, -0.2) is 26.0 Å². The summed E-state index contributed by atoms with van der Waals surface area (Å²) in [5.74, 6) is 1.17. The minimum atomic E-state index is -0.140. The Hall–Kier alpha value is -3.91. The van der Waals surface area contributed by atoms with Crippen molar-refractivity contribution in [3.8, 4) is 5.75 Å². The Morgan fingerprint density at radius 3 is 2.55 bits per heavy atom. The predicted octanol–water partition coefficient (Wildman–Crippen LogP) is 3.75. The van der Waals surface area contributed by atoms with Crippen molar-refractivity contribution in [2.24, 2.45) is 0 Å². The zero-order valence-electron chi connectivity index (χ0n) is 17.8. The third-order valence-corrected chi connectivity index (χ3v) is 6.31. The molecule has 5 aromatic rings. The lowest BCUT2D eigenvalue weighted by Crippen LogP contribution is -2.24. The van der Waals surface area contributed by atoms with Gasteiger partial charge in [-0.3, -0.25) is 18.6 Å². The molecule has 0 bridgehead atoms. The summed E-state index contributed by atoms with van der Waals surface area (Å²) in [4.78, 5) is 35.1. The molecule has 0 fully saturated rings. The van der Waals surface area contributed by atoms with Crippen LogP contribution in [0.25, 0.3) is 16.6 Å². The van der Waals surface area contributed by atoms with Gasteiger partial charge in [-0.1, -0.05) is 42.1 Å². The molecule has 7 nitrogen and oxygen atoms in total. The molecule has 0 aliphatic carbocycles. The minimum Gasteiger partial charge on any atom is -0.497 e. The zero-order chi connectivity index (χ0) is 22.8. The molecule has 0 saturated heterocycles. The van der Waals surface area contributed by atoms with Crippen LogP contribution in [0.4, 0.5) is 0 Å². The van der Waals surface area contributed by atoms with E-state index in [1.54, 1.807) is 36.1 Å². The number of benzene rings is 2. The molecular formula is C25H20N4O3S. The number of pyridine rings is 1. The van der Waals surface area contributed by atoms with Gasteiger partial charge in [0.25, 0.3) is 11.1 Å². The van der Waals surface area contributed by atoms with Crippen LogP contribution in [0.3, 0.4) is 0 Å². The molecule has 0 atom stereocenters. The highest BCUT2D eigenvalue weighted by Gasteiger charge is 2.13. The standard InChI is InChI=1S/C25H20N4O3S/c1-32-19-11-9-17(10-12-19)15-29-24(31)20-6-2-3-7-21(20)27-25(29)33-16-18-14-23(30)28-13-5-4-8-22(28)26-18/h2-14H,15-16H2,1H3. The van der Waals surface area contributed by atoms with E-state index in [9.17, 15) is 9.59 Å². The van der Waals surface area contributed by atoms with Crippen LogP contribution in [0.5, 0.6) is 5.75 Å². The molecule has 3 aromatic heterocycles. The van der Waals surface area contributed by atoms with Gasteiger partial charge in [0.15, 0.2) is 5.16 Å². The topological polar surface area (TPSA) is 78.5 Å². The fourth-order valence-electron chi connectivity index (χ4n) is 3.63. The van der Waals surface area contributed by atoms with Crippen molar-refractivity contribution in [2.75, 3.05) is 7.11 Å². The molecule has 0 aliphatic heterocycles. The number of methoxy groups -OCH3 is 1. The van der Waals surface area contributed by atoms with Gasteiger partial charge in [0.1, 0.15) is 11.4 Å². The molecule has 0 unspecified atom stereocenters.